The molecule has 1 heterocycles. The van der Waals surface area contributed by atoms with Gasteiger partial charge in [-0.15, -0.1) is 0 Å². The summed E-state index contributed by atoms with van der Waals surface area (Å²) < 4.78 is 10.8. The lowest BCUT2D eigenvalue weighted by atomic mass is 10.2. The fourth-order valence-corrected chi connectivity index (χ4v) is 1.68. The van der Waals surface area contributed by atoms with Gasteiger partial charge in [0.05, 0.1) is 0 Å². The van der Waals surface area contributed by atoms with Crippen LogP contribution in [0, 0.1) is 0 Å². The van der Waals surface area contributed by atoms with Crippen LogP contribution in [0.2, 0.25) is 0 Å². The van der Waals surface area contributed by atoms with E-state index < -0.39 is 8.10 Å². The van der Waals surface area contributed by atoms with Crippen LogP contribution in [0.4, 0.5) is 0 Å². The van der Waals surface area contributed by atoms with Crippen molar-refractivity contribution in [3.63, 3.8) is 0 Å². The molecule has 0 aromatic rings. The Hall–Kier alpha value is 0.0200. The van der Waals surface area contributed by atoms with Gasteiger partial charge in [-0.05, 0) is 17.4 Å². The second-order valence-electron chi connectivity index (χ2n) is 2.17. The molecule has 0 aromatic heterocycles. The Kier molecular flexibility index (Phi) is 3.12. The summed E-state index contributed by atoms with van der Waals surface area (Å²) in [6.07, 6.45) is 3.55. The lowest BCUT2D eigenvalue weighted by molar-refractivity contribution is 0.550. The molecule has 1 fully saturated rings. The van der Waals surface area contributed by atoms with Gasteiger partial charge in [0.1, 0.15) is 0 Å². The highest BCUT2D eigenvalue weighted by molar-refractivity contribution is 7.40. The summed E-state index contributed by atoms with van der Waals surface area (Å²) in [7, 11) is -1.29. The minimum absolute atomic E-state index is 0.891. The molecule has 3 nitrogen and oxygen atoms in total. The van der Waals surface area contributed by atoms with Crippen molar-refractivity contribution in [3.05, 3.63) is 0 Å². The predicted octanol–water partition coefficient (Wildman–Crippen LogP) is 1.01. The van der Waals surface area contributed by atoms with E-state index in [1.165, 1.54) is 6.42 Å². The molecule has 1 aliphatic heterocycles. The maximum absolute atomic E-state index is 10.8. The largest absolute Gasteiger partial charge is 0.532 e. The molecule has 0 amide bonds. The minimum atomic E-state index is -1.29. The van der Waals surface area contributed by atoms with Crippen molar-refractivity contribution in [1.29, 1.82) is 0 Å². The van der Waals surface area contributed by atoms with E-state index >= 15 is 0 Å². The average Bonchev–Trinajstić information content (AvgIpc) is 1.79. The summed E-state index contributed by atoms with van der Waals surface area (Å²) >= 11 is 0. The third kappa shape index (κ3) is 2.89. The third-order valence-electron chi connectivity index (χ3n) is 1.36. The SMILES string of the molecule is O=[P+]1NCCCCCN1. The number of nitrogens with one attached hydrogen (secondary N) is 2. The molecule has 0 saturated carbocycles. The Labute approximate surface area is 56.1 Å². The standard InChI is InChI=1S/C5H12N2OP/c8-9-6-4-2-1-3-5-7-9/h1-5H2,(H2,6,7,8)/q+1. The predicted molar refractivity (Wildman–Crippen MR) is 37.5 cm³/mol. The van der Waals surface area contributed by atoms with Gasteiger partial charge in [0, 0.05) is 13.1 Å². The van der Waals surface area contributed by atoms with Crippen LogP contribution >= 0.6 is 8.10 Å². The van der Waals surface area contributed by atoms with Gasteiger partial charge < -0.3 is 0 Å². The lowest BCUT2D eigenvalue weighted by Gasteiger charge is -2.00. The normalized spacial score (nSPS) is 22.9. The summed E-state index contributed by atoms with van der Waals surface area (Å²) in [5.41, 5.74) is 0. The Bertz CT molecular complexity index is 97.1. The number of hydrogen-bond acceptors (Lipinski definition) is 1. The maximum Gasteiger partial charge on any atom is 0.532 e. The molecule has 0 bridgehead atoms. The Balaban J connectivity index is 2.20. The first kappa shape index (κ1) is 7.13. The molecule has 1 aliphatic rings. The molecule has 52 valence electrons. The molecule has 0 unspecified atom stereocenters. The van der Waals surface area contributed by atoms with Crippen molar-refractivity contribution < 1.29 is 4.57 Å². The third-order valence-corrected chi connectivity index (χ3v) is 2.39. The lowest BCUT2D eigenvalue weighted by Crippen LogP contribution is -2.19. The van der Waals surface area contributed by atoms with Gasteiger partial charge in [-0.25, -0.2) is 0 Å². The highest BCUT2D eigenvalue weighted by Crippen LogP contribution is 2.10. The van der Waals surface area contributed by atoms with E-state index in [1.807, 2.05) is 0 Å². The van der Waals surface area contributed by atoms with Crippen LogP contribution < -0.4 is 10.2 Å². The maximum atomic E-state index is 10.8. The van der Waals surface area contributed by atoms with Crippen LogP contribution in [0.15, 0.2) is 0 Å². The van der Waals surface area contributed by atoms with Gasteiger partial charge in [0.2, 0.25) is 0 Å². The molecule has 0 aromatic carbocycles. The van der Waals surface area contributed by atoms with E-state index in [2.05, 4.69) is 10.2 Å². The van der Waals surface area contributed by atoms with Crippen molar-refractivity contribution in [2.45, 2.75) is 19.3 Å². The average molecular weight is 147 g/mol. The fourth-order valence-electron chi connectivity index (χ4n) is 0.844. The Morgan fingerprint density at radius 3 is 2.11 bits per heavy atom. The molecular formula is C5H12N2OP+. The van der Waals surface area contributed by atoms with Crippen LogP contribution in [0.5, 0.6) is 0 Å². The second-order valence-corrected chi connectivity index (χ2v) is 3.39. The summed E-state index contributed by atoms with van der Waals surface area (Å²) in [6, 6.07) is 0. The minimum Gasteiger partial charge on any atom is -0.0915 e. The van der Waals surface area contributed by atoms with Crippen LogP contribution in [0.25, 0.3) is 0 Å². The smallest absolute Gasteiger partial charge is 0.0915 e. The highest BCUT2D eigenvalue weighted by atomic mass is 31.1. The molecule has 2 N–H and O–H groups in total. The van der Waals surface area contributed by atoms with E-state index in [0.717, 1.165) is 25.9 Å². The van der Waals surface area contributed by atoms with Crippen molar-refractivity contribution >= 4 is 8.10 Å². The number of hydrogen-bond donors (Lipinski definition) is 2. The highest BCUT2D eigenvalue weighted by Gasteiger charge is 2.14. The Morgan fingerprint density at radius 1 is 1.00 bits per heavy atom. The molecule has 1 rings (SSSR count). The van der Waals surface area contributed by atoms with Crippen molar-refractivity contribution in [1.82, 2.24) is 10.2 Å². The van der Waals surface area contributed by atoms with Crippen molar-refractivity contribution in [2.75, 3.05) is 13.1 Å². The summed E-state index contributed by atoms with van der Waals surface area (Å²) in [6.45, 7) is 1.78. The topological polar surface area (TPSA) is 41.1 Å². The zero-order valence-corrected chi connectivity index (χ0v) is 6.29. The van der Waals surface area contributed by atoms with E-state index in [0.29, 0.717) is 0 Å². The Morgan fingerprint density at radius 2 is 1.56 bits per heavy atom. The molecule has 0 aliphatic carbocycles. The zero-order valence-electron chi connectivity index (χ0n) is 5.39. The van der Waals surface area contributed by atoms with Gasteiger partial charge in [0.15, 0.2) is 0 Å². The van der Waals surface area contributed by atoms with Crippen molar-refractivity contribution in [3.8, 4) is 0 Å². The van der Waals surface area contributed by atoms with Crippen LogP contribution in [-0.4, -0.2) is 13.1 Å². The molecule has 1 saturated heterocycles. The van der Waals surface area contributed by atoms with E-state index in [4.69, 9.17) is 0 Å². The molecule has 0 spiro atoms. The molecule has 9 heavy (non-hydrogen) atoms. The van der Waals surface area contributed by atoms with E-state index in [-0.39, 0.29) is 0 Å². The van der Waals surface area contributed by atoms with Gasteiger partial charge in [-0.2, -0.15) is 0 Å². The first-order chi connectivity index (χ1) is 4.39. The molecule has 0 atom stereocenters. The number of rotatable bonds is 0. The van der Waals surface area contributed by atoms with Gasteiger partial charge in [-0.1, -0.05) is 16.6 Å². The van der Waals surface area contributed by atoms with E-state index in [1.54, 1.807) is 0 Å². The van der Waals surface area contributed by atoms with Crippen LogP contribution in [-0.2, 0) is 4.57 Å². The van der Waals surface area contributed by atoms with Crippen molar-refractivity contribution in [2.24, 2.45) is 0 Å². The first-order valence-electron chi connectivity index (χ1n) is 3.34. The quantitative estimate of drug-likeness (QED) is 0.502. The van der Waals surface area contributed by atoms with Gasteiger partial charge in [-0.3, -0.25) is 0 Å². The summed E-state index contributed by atoms with van der Waals surface area (Å²) in [4.78, 5) is 0. The monoisotopic (exact) mass is 147 g/mol. The zero-order chi connectivity index (χ0) is 6.53. The van der Waals surface area contributed by atoms with Gasteiger partial charge in [0.25, 0.3) is 0 Å². The van der Waals surface area contributed by atoms with Crippen LogP contribution in [0.3, 0.4) is 0 Å². The summed E-state index contributed by atoms with van der Waals surface area (Å²) in [5.74, 6) is 0. The second kappa shape index (κ2) is 3.94. The fraction of sp³-hybridized carbons (Fsp3) is 1.00. The molecule has 0 radical (unpaired) electrons. The first-order valence-corrected chi connectivity index (χ1v) is 4.60. The van der Waals surface area contributed by atoms with Crippen LogP contribution in [0.1, 0.15) is 19.3 Å². The van der Waals surface area contributed by atoms with Gasteiger partial charge >= 0.3 is 8.10 Å². The molecule has 4 heteroatoms. The van der Waals surface area contributed by atoms with E-state index in [9.17, 15) is 4.57 Å². The molecular weight excluding hydrogens is 135 g/mol. The summed E-state index contributed by atoms with van der Waals surface area (Å²) in [5, 5.41) is 5.77.